The molecule has 2 aromatic carbocycles. The van der Waals surface area contributed by atoms with E-state index in [4.69, 9.17) is 0 Å². The maximum Gasteiger partial charge on any atom is 0.257 e. The molecule has 0 radical (unpaired) electrons. The average Bonchev–Trinajstić information content (AvgIpc) is 2.80. The Balaban J connectivity index is 1.35. The molecule has 2 heterocycles. The van der Waals surface area contributed by atoms with Gasteiger partial charge < -0.3 is 10.2 Å². The van der Waals surface area contributed by atoms with Crippen LogP contribution in [0.2, 0.25) is 0 Å². The van der Waals surface area contributed by atoms with Crippen molar-refractivity contribution >= 4 is 23.5 Å². The number of nitrogens with zero attached hydrogens (tertiary/aromatic N) is 3. The summed E-state index contributed by atoms with van der Waals surface area (Å²) < 4.78 is 13.5. The number of piperazine rings is 1. The summed E-state index contributed by atoms with van der Waals surface area (Å²) in [4.78, 5) is 21.6. The van der Waals surface area contributed by atoms with Gasteiger partial charge in [-0.2, -0.15) is 0 Å². The van der Waals surface area contributed by atoms with Crippen molar-refractivity contribution in [1.82, 2.24) is 14.8 Å². The maximum absolute atomic E-state index is 13.5. The van der Waals surface area contributed by atoms with Crippen molar-refractivity contribution in [2.45, 2.75) is 0 Å². The Morgan fingerprint density at radius 3 is 2.58 bits per heavy atom. The first kappa shape index (κ1) is 20.8. The molecule has 0 bridgehead atoms. The van der Waals surface area contributed by atoms with E-state index in [9.17, 15) is 9.18 Å². The maximum atomic E-state index is 13.5. The van der Waals surface area contributed by atoms with Gasteiger partial charge in [0, 0.05) is 44.6 Å². The first-order valence-corrected chi connectivity index (χ1v) is 10.4. The molecule has 1 amide bonds. The van der Waals surface area contributed by atoms with E-state index in [2.05, 4.69) is 39.5 Å². The van der Waals surface area contributed by atoms with Crippen molar-refractivity contribution in [3.63, 3.8) is 0 Å². The van der Waals surface area contributed by atoms with Crippen molar-refractivity contribution in [1.29, 1.82) is 0 Å². The summed E-state index contributed by atoms with van der Waals surface area (Å²) in [7, 11) is 0. The summed E-state index contributed by atoms with van der Waals surface area (Å²) in [6, 6.07) is 19.8. The van der Waals surface area contributed by atoms with Crippen LogP contribution in [0.3, 0.4) is 0 Å². The number of carbonyl (C=O) groups excluding carboxylic acids is 1. The van der Waals surface area contributed by atoms with Gasteiger partial charge in [-0.05, 0) is 35.9 Å². The van der Waals surface area contributed by atoms with Gasteiger partial charge in [0.1, 0.15) is 11.6 Å². The van der Waals surface area contributed by atoms with Gasteiger partial charge in [0.15, 0.2) is 0 Å². The molecular formula is C25H25FN4O. The summed E-state index contributed by atoms with van der Waals surface area (Å²) in [5.74, 6) is 0.0315. The number of benzene rings is 2. The van der Waals surface area contributed by atoms with Crippen LogP contribution in [0.1, 0.15) is 15.9 Å². The van der Waals surface area contributed by atoms with E-state index >= 15 is 0 Å². The van der Waals surface area contributed by atoms with Crippen molar-refractivity contribution in [2.75, 3.05) is 38.0 Å². The van der Waals surface area contributed by atoms with Gasteiger partial charge in [-0.1, -0.05) is 48.6 Å². The smallest absolute Gasteiger partial charge is 0.257 e. The molecule has 31 heavy (non-hydrogen) atoms. The number of carbonyl (C=O) groups is 1. The lowest BCUT2D eigenvalue weighted by atomic mass is 10.2. The molecule has 3 aromatic rings. The minimum atomic E-state index is -0.341. The van der Waals surface area contributed by atoms with Gasteiger partial charge in [-0.25, -0.2) is 9.37 Å². The highest BCUT2D eigenvalue weighted by molar-refractivity contribution is 5.99. The third-order valence-electron chi connectivity index (χ3n) is 5.26. The number of hydrogen-bond donors (Lipinski definition) is 1. The fraction of sp³-hybridized carbons (Fsp3) is 0.200. The van der Waals surface area contributed by atoms with Crippen LogP contribution < -0.4 is 5.32 Å². The zero-order valence-corrected chi connectivity index (χ0v) is 17.2. The Morgan fingerprint density at radius 2 is 1.81 bits per heavy atom. The zero-order valence-electron chi connectivity index (χ0n) is 17.2. The fourth-order valence-electron chi connectivity index (χ4n) is 3.59. The van der Waals surface area contributed by atoms with E-state index in [-0.39, 0.29) is 11.7 Å². The van der Waals surface area contributed by atoms with E-state index in [1.807, 2.05) is 23.1 Å². The van der Waals surface area contributed by atoms with Gasteiger partial charge in [0.25, 0.3) is 5.91 Å². The molecular weight excluding hydrogens is 391 g/mol. The van der Waals surface area contributed by atoms with Gasteiger partial charge in [-0.15, -0.1) is 0 Å². The number of amides is 1. The molecule has 0 unspecified atom stereocenters. The molecule has 1 aliphatic heterocycles. The quantitative estimate of drug-likeness (QED) is 0.646. The van der Waals surface area contributed by atoms with Crippen molar-refractivity contribution < 1.29 is 9.18 Å². The van der Waals surface area contributed by atoms with E-state index in [1.165, 1.54) is 17.7 Å². The van der Waals surface area contributed by atoms with E-state index in [0.717, 1.165) is 19.6 Å². The molecule has 0 spiro atoms. The summed E-state index contributed by atoms with van der Waals surface area (Å²) >= 11 is 0. The Morgan fingerprint density at radius 1 is 1.00 bits per heavy atom. The minimum absolute atomic E-state index is 0.0634. The molecule has 1 N–H and O–H groups in total. The molecule has 5 nitrogen and oxygen atoms in total. The Labute approximate surface area is 181 Å². The number of anilines is 2. The molecule has 0 atom stereocenters. The summed E-state index contributed by atoms with van der Waals surface area (Å²) in [6.07, 6.45) is 5.90. The predicted octanol–water partition coefficient (Wildman–Crippen LogP) is 4.44. The molecule has 0 saturated carbocycles. The molecule has 0 aliphatic carbocycles. The van der Waals surface area contributed by atoms with Crippen LogP contribution in [0.15, 0.2) is 79.0 Å². The lowest BCUT2D eigenvalue weighted by Gasteiger charge is -2.34. The van der Waals surface area contributed by atoms with Crippen LogP contribution >= 0.6 is 0 Å². The predicted molar refractivity (Wildman–Crippen MR) is 122 cm³/mol. The minimum Gasteiger partial charge on any atom is -0.339 e. The molecule has 1 aliphatic rings. The SMILES string of the molecule is O=C(c1cccnc1Nc1cccc(F)c1)N1CCN(C/C=C/c2ccccc2)CC1. The number of pyridine rings is 1. The fourth-order valence-corrected chi connectivity index (χ4v) is 3.59. The average molecular weight is 417 g/mol. The number of aromatic nitrogens is 1. The second-order valence-corrected chi connectivity index (χ2v) is 7.44. The standard InChI is InChI=1S/C25H25FN4O/c26-21-10-4-11-22(19-21)28-24-23(12-5-13-27-24)25(31)30-17-15-29(16-18-30)14-6-9-20-7-2-1-3-8-20/h1-13,19H,14-18H2,(H,27,28)/b9-6+. The third kappa shape index (κ3) is 5.55. The summed E-state index contributed by atoms with van der Waals surface area (Å²) in [5.41, 5.74) is 2.23. The largest absolute Gasteiger partial charge is 0.339 e. The number of halogens is 1. The first-order valence-electron chi connectivity index (χ1n) is 10.4. The van der Waals surface area contributed by atoms with Crippen molar-refractivity contribution in [2.24, 2.45) is 0 Å². The molecule has 1 saturated heterocycles. The van der Waals surface area contributed by atoms with Crippen LogP contribution in [0.4, 0.5) is 15.9 Å². The molecule has 158 valence electrons. The van der Waals surface area contributed by atoms with E-state index in [0.29, 0.717) is 30.2 Å². The van der Waals surface area contributed by atoms with Gasteiger partial charge in [0.2, 0.25) is 0 Å². The number of nitrogens with one attached hydrogen (secondary N) is 1. The topological polar surface area (TPSA) is 48.5 Å². The molecule has 6 heteroatoms. The summed E-state index contributed by atoms with van der Waals surface area (Å²) in [6.45, 7) is 3.81. The number of hydrogen-bond acceptors (Lipinski definition) is 4. The Bertz CT molecular complexity index is 1050. The van der Waals surface area contributed by atoms with Crippen LogP contribution in [-0.2, 0) is 0 Å². The second-order valence-electron chi connectivity index (χ2n) is 7.44. The molecule has 1 fully saturated rings. The van der Waals surface area contributed by atoms with Gasteiger partial charge in [-0.3, -0.25) is 9.69 Å². The van der Waals surface area contributed by atoms with Crippen molar-refractivity contribution in [3.8, 4) is 0 Å². The van der Waals surface area contributed by atoms with Crippen LogP contribution in [0, 0.1) is 5.82 Å². The Hall–Kier alpha value is -3.51. The monoisotopic (exact) mass is 416 g/mol. The Kier molecular flexibility index (Phi) is 6.69. The second kappa shape index (κ2) is 10.00. The lowest BCUT2D eigenvalue weighted by molar-refractivity contribution is 0.0651. The normalized spacial score (nSPS) is 14.7. The third-order valence-corrected chi connectivity index (χ3v) is 5.26. The lowest BCUT2D eigenvalue weighted by Crippen LogP contribution is -2.48. The molecule has 1 aromatic heterocycles. The number of rotatable bonds is 6. The van der Waals surface area contributed by atoms with E-state index < -0.39 is 0 Å². The highest BCUT2D eigenvalue weighted by Gasteiger charge is 2.24. The van der Waals surface area contributed by atoms with Gasteiger partial charge in [0.05, 0.1) is 5.56 Å². The zero-order chi connectivity index (χ0) is 21.5. The van der Waals surface area contributed by atoms with Crippen LogP contribution in [-0.4, -0.2) is 53.4 Å². The van der Waals surface area contributed by atoms with Crippen LogP contribution in [0.5, 0.6) is 0 Å². The van der Waals surface area contributed by atoms with Gasteiger partial charge >= 0.3 is 0 Å². The van der Waals surface area contributed by atoms with E-state index in [1.54, 1.807) is 30.5 Å². The van der Waals surface area contributed by atoms with Crippen LogP contribution in [0.25, 0.3) is 6.08 Å². The highest BCUT2D eigenvalue weighted by atomic mass is 19.1. The van der Waals surface area contributed by atoms with Crippen molar-refractivity contribution in [3.05, 3.63) is 95.9 Å². The summed E-state index contributed by atoms with van der Waals surface area (Å²) in [5, 5.41) is 3.07. The highest BCUT2D eigenvalue weighted by Crippen LogP contribution is 2.21. The molecule has 4 rings (SSSR count). The first-order chi connectivity index (χ1) is 15.2.